The van der Waals surface area contributed by atoms with Crippen LogP contribution in [0.5, 0.6) is 0 Å². The van der Waals surface area contributed by atoms with Gasteiger partial charge in [-0.25, -0.2) is 0 Å². The van der Waals surface area contributed by atoms with Crippen LogP contribution >= 0.6 is 11.6 Å². The number of amides is 1. The first-order valence-corrected chi connectivity index (χ1v) is 9.27. The van der Waals surface area contributed by atoms with Crippen molar-refractivity contribution in [1.82, 2.24) is 15.2 Å². The molecule has 0 atom stereocenters. The first kappa shape index (κ1) is 18.0. The molecule has 0 saturated carbocycles. The summed E-state index contributed by atoms with van der Waals surface area (Å²) in [5.74, 6) is 0.697. The largest absolute Gasteiger partial charge is 0.368 e. The van der Waals surface area contributed by atoms with Crippen molar-refractivity contribution >= 4 is 40.0 Å². The van der Waals surface area contributed by atoms with E-state index in [1.807, 2.05) is 18.3 Å². The van der Waals surface area contributed by atoms with Gasteiger partial charge in [-0.3, -0.25) is 4.79 Å². The summed E-state index contributed by atoms with van der Waals surface area (Å²) in [5, 5.41) is 15.7. The number of H-pyrrole nitrogens is 1. The van der Waals surface area contributed by atoms with E-state index in [4.69, 9.17) is 11.6 Å². The highest BCUT2D eigenvalue weighted by atomic mass is 35.5. The molecule has 4 rings (SSSR count). The van der Waals surface area contributed by atoms with Crippen molar-refractivity contribution in [2.75, 3.05) is 17.2 Å². The van der Waals surface area contributed by atoms with Crippen molar-refractivity contribution < 1.29 is 4.79 Å². The number of aromatic nitrogens is 3. The lowest BCUT2D eigenvalue weighted by Gasteiger charge is -2.07. The second-order valence-electron chi connectivity index (χ2n) is 6.27. The number of nitrogens with zero attached hydrogens (tertiary/aromatic N) is 2. The predicted molar refractivity (Wildman–Crippen MR) is 112 cm³/mol. The minimum absolute atomic E-state index is 0.319. The van der Waals surface area contributed by atoms with Crippen molar-refractivity contribution in [1.29, 1.82) is 0 Å². The lowest BCUT2D eigenvalue weighted by Crippen LogP contribution is -2.14. The fraction of sp³-hybridized carbons (Fsp3) is 0.0952. The Balaban J connectivity index is 1.33. The van der Waals surface area contributed by atoms with E-state index in [2.05, 4.69) is 37.9 Å². The number of aromatic amines is 1. The number of fused-ring (bicyclic) bond motifs is 1. The number of nitrogens with one attached hydrogen (secondary N) is 3. The van der Waals surface area contributed by atoms with E-state index >= 15 is 0 Å². The molecule has 140 valence electrons. The van der Waals surface area contributed by atoms with E-state index in [1.54, 1.807) is 36.4 Å². The van der Waals surface area contributed by atoms with Crippen LogP contribution in [0.4, 0.5) is 11.6 Å². The Labute approximate surface area is 167 Å². The first-order chi connectivity index (χ1) is 13.7. The highest BCUT2D eigenvalue weighted by molar-refractivity contribution is 6.34. The number of anilines is 2. The number of halogens is 1. The quantitative estimate of drug-likeness (QED) is 0.451. The average molecular weight is 392 g/mol. The fourth-order valence-corrected chi connectivity index (χ4v) is 3.21. The van der Waals surface area contributed by atoms with Crippen LogP contribution in [0.25, 0.3) is 10.9 Å². The first-order valence-electron chi connectivity index (χ1n) is 8.89. The summed E-state index contributed by atoms with van der Waals surface area (Å²) >= 11 is 6.04. The molecule has 0 aliphatic heterocycles. The SMILES string of the molecule is O=C(Nc1ccc(NCCc2c[nH]c3ccccc23)nn1)c1ccccc1Cl. The third-order valence-electron chi connectivity index (χ3n) is 4.40. The highest BCUT2D eigenvalue weighted by Crippen LogP contribution is 2.19. The Bertz CT molecular complexity index is 1110. The second kappa shape index (κ2) is 8.10. The Morgan fingerprint density at radius 2 is 1.71 bits per heavy atom. The molecule has 0 radical (unpaired) electrons. The standard InChI is InChI=1S/C21H18ClN5O/c22-17-7-3-1-6-16(17)21(28)25-20-10-9-19(26-27-20)23-12-11-14-13-24-18-8-4-2-5-15(14)18/h1-10,13,24H,11-12H2,(H,23,26)(H,25,27,28). The van der Waals surface area contributed by atoms with E-state index in [1.165, 1.54) is 10.9 Å². The monoisotopic (exact) mass is 391 g/mol. The maximum absolute atomic E-state index is 12.2. The number of carbonyl (C=O) groups is 1. The van der Waals surface area contributed by atoms with Gasteiger partial charge >= 0.3 is 0 Å². The number of benzene rings is 2. The van der Waals surface area contributed by atoms with Crippen molar-refractivity contribution in [3.63, 3.8) is 0 Å². The Hall–Kier alpha value is -3.38. The Kier molecular flexibility index (Phi) is 5.21. The van der Waals surface area contributed by atoms with Gasteiger partial charge in [-0.15, -0.1) is 10.2 Å². The van der Waals surface area contributed by atoms with Crippen LogP contribution in [-0.4, -0.2) is 27.6 Å². The van der Waals surface area contributed by atoms with Gasteiger partial charge in [-0.1, -0.05) is 41.9 Å². The van der Waals surface area contributed by atoms with Crippen LogP contribution < -0.4 is 10.6 Å². The molecule has 0 unspecified atom stereocenters. The topological polar surface area (TPSA) is 82.7 Å². The molecule has 2 aromatic heterocycles. The van der Waals surface area contributed by atoms with Crippen LogP contribution in [0.3, 0.4) is 0 Å². The normalized spacial score (nSPS) is 10.8. The lowest BCUT2D eigenvalue weighted by molar-refractivity contribution is 0.102. The summed E-state index contributed by atoms with van der Waals surface area (Å²) in [7, 11) is 0. The lowest BCUT2D eigenvalue weighted by atomic mass is 10.1. The molecule has 0 saturated heterocycles. The summed E-state index contributed by atoms with van der Waals surface area (Å²) < 4.78 is 0. The van der Waals surface area contributed by atoms with Gasteiger partial charge < -0.3 is 15.6 Å². The molecule has 2 aromatic carbocycles. The number of hydrogen-bond donors (Lipinski definition) is 3. The summed E-state index contributed by atoms with van der Waals surface area (Å²) in [6.07, 6.45) is 2.89. The Morgan fingerprint density at radius 3 is 2.54 bits per heavy atom. The molecule has 6 nitrogen and oxygen atoms in total. The highest BCUT2D eigenvalue weighted by Gasteiger charge is 2.10. The fourth-order valence-electron chi connectivity index (χ4n) is 2.99. The van der Waals surface area contributed by atoms with Gasteiger partial charge in [0.1, 0.15) is 5.82 Å². The van der Waals surface area contributed by atoms with Gasteiger partial charge in [0.15, 0.2) is 5.82 Å². The molecule has 4 aromatic rings. The Morgan fingerprint density at radius 1 is 0.964 bits per heavy atom. The third kappa shape index (κ3) is 3.97. The maximum atomic E-state index is 12.2. The van der Waals surface area contributed by atoms with Crippen LogP contribution in [0.1, 0.15) is 15.9 Å². The minimum Gasteiger partial charge on any atom is -0.368 e. The van der Waals surface area contributed by atoms with E-state index in [9.17, 15) is 4.79 Å². The summed E-state index contributed by atoms with van der Waals surface area (Å²) in [6, 6.07) is 18.6. The summed E-state index contributed by atoms with van der Waals surface area (Å²) in [4.78, 5) is 15.5. The van der Waals surface area contributed by atoms with Gasteiger partial charge in [0, 0.05) is 23.6 Å². The van der Waals surface area contributed by atoms with E-state index < -0.39 is 0 Å². The van der Waals surface area contributed by atoms with Gasteiger partial charge in [-0.2, -0.15) is 0 Å². The van der Waals surface area contributed by atoms with Gasteiger partial charge in [0.25, 0.3) is 5.91 Å². The van der Waals surface area contributed by atoms with Crippen LogP contribution in [0.2, 0.25) is 5.02 Å². The smallest absolute Gasteiger partial charge is 0.258 e. The molecule has 2 heterocycles. The zero-order chi connectivity index (χ0) is 19.3. The number of rotatable bonds is 6. The molecule has 0 spiro atoms. The average Bonchev–Trinajstić information content (AvgIpc) is 3.13. The zero-order valence-electron chi connectivity index (χ0n) is 14.9. The molecule has 0 bridgehead atoms. The minimum atomic E-state index is -0.319. The second-order valence-corrected chi connectivity index (χ2v) is 6.68. The summed E-state index contributed by atoms with van der Waals surface area (Å²) in [5.41, 5.74) is 2.78. The maximum Gasteiger partial charge on any atom is 0.258 e. The van der Waals surface area contributed by atoms with Crippen LogP contribution in [0.15, 0.2) is 66.9 Å². The van der Waals surface area contributed by atoms with Crippen molar-refractivity contribution in [3.8, 4) is 0 Å². The molecule has 0 aliphatic rings. The molecular weight excluding hydrogens is 374 g/mol. The number of carbonyl (C=O) groups excluding carboxylic acids is 1. The molecule has 7 heteroatoms. The zero-order valence-corrected chi connectivity index (χ0v) is 15.7. The van der Waals surface area contributed by atoms with Crippen molar-refractivity contribution in [2.24, 2.45) is 0 Å². The number of para-hydroxylation sites is 1. The van der Waals surface area contributed by atoms with E-state index in [0.29, 0.717) is 22.2 Å². The molecule has 0 aliphatic carbocycles. The van der Waals surface area contributed by atoms with E-state index in [-0.39, 0.29) is 5.91 Å². The third-order valence-corrected chi connectivity index (χ3v) is 4.73. The van der Waals surface area contributed by atoms with Crippen LogP contribution in [0, 0.1) is 0 Å². The molecule has 3 N–H and O–H groups in total. The van der Waals surface area contributed by atoms with E-state index in [0.717, 1.165) is 18.5 Å². The molecule has 0 fully saturated rings. The van der Waals surface area contributed by atoms with Gasteiger partial charge in [0.2, 0.25) is 0 Å². The van der Waals surface area contributed by atoms with Gasteiger partial charge in [0.05, 0.1) is 10.6 Å². The van der Waals surface area contributed by atoms with Crippen molar-refractivity contribution in [2.45, 2.75) is 6.42 Å². The van der Waals surface area contributed by atoms with Crippen molar-refractivity contribution in [3.05, 3.63) is 83.0 Å². The number of hydrogen-bond acceptors (Lipinski definition) is 4. The predicted octanol–water partition coefficient (Wildman–Crippen LogP) is 4.52. The molecule has 1 amide bonds. The summed E-state index contributed by atoms with van der Waals surface area (Å²) in [6.45, 7) is 0.724. The van der Waals surface area contributed by atoms with Gasteiger partial charge in [-0.05, 0) is 42.3 Å². The van der Waals surface area contributed by atoms with Crippen LogP contribution in [-0.2, 0) is 6.42 Å². The molecule has 28 heavy (non-hydrogen) atoms. The molecular formula is C21H18ClN5O.